The molecule has 0 aliphatic carbocycles. The molecule has 0 spiro atoms. The van der Waals surface area contributed by atoms with Gasteiger partial charge in [0.25, 0.3) is 0 Å². The number of para-hydroxylation sites is 1. The fraction of sp³-hybridized carbons (Fsp3) is 0.438. The topological polar surface area (TPSA) is 43.4 Å². The smallest absolute Gasteiger partial charge is 0.145 e. The van der Waals surface area contributed by atoms with Gasteiger partial charge in [0.2, 0.25) is 0 Å². The second-order valence-electron chi connectivity index (χ2n) is 5.51. The van der Waals surface area contributed by atoms with Gasteiger partial charge < -0.3 is 14.8 Å². The summed E-state index contributed by atoms with van der Waals surface area (Å²) in [5.41, 5.74) is 1.82. The normalized spacial score (nSPS) is 11.8. The van der Waals surface area contributed by atoms with E-state index in [2.05, 4.69) is 30.2 Å². The quantitative estimate of drug-likeness (QED) is 0.879. The molecule has 1 heterocycles. The number of benzene rings is 1. The molecule has 0 bridgehead atoms. The van der Waals surface area contributed by atoms with E-state index in [9.17, 15) is 0 Å². The van der Waals surface area contributed by atoms with Gasteiger partial charge in [-0.1, -0.05) is 18.2 Å². The van der Waals surface area contributed by atoms with E-state index in [1.165, 1.54) is 0 Å². The van der Waals surface area contributed by atoms with E-state index >= 15 is 0 Å². The van der Waals surface area contributed by atoms with Crippen LogP contribution in [0.2, 0.25) is 0 Å². The maximum atomic E-state index is 5.36. The molecular formula is C16H22N2O2. The summed E-state index contributed by atoms with van der Waals surface area (Å²) in [4.78, 5) is 4.68. The first kappa shape index (κ1) is 14.8. The molecular weight excluding hydrogens is 252 g/mol. The lowest BCUT2D eigenvalue weighted by molar-refractivity contribution is 0.127. The van der Waals surface area contributed by atoms with Gasteiger partial charge in [-0.05, 0) is 26.0 Å². The first-order valence-electron chi connectivity index (χ1n) is 6.72. The van der Waals surface area contributed by atoms with Crippen LogP contribution in [0.5, 0.6) is 5.75 Å². The van der Waals surface area contributed by atoms with Crippen LogP contribution < -0.4 is 10.1 Å². The first-order chi connectivity index (χ1) is 9.55. The highest BCUT2D eigenvalue weighted by molar-refractivity contribution is 5.84. The van der Waals surface area contributed by atoms with Crippen molar-refractivity contribution in [1.29, 1.82) is 0 Å². The molecule has 1 aromatic heterocycles. The number of methoxy groups -OCH3 is 2. The number of hydrogen-bond acceptors (Lipinski definition) is 4. The van der Waals surface area contributed by atoms with Gasteiger partial charge in [0, 0.05) is 24.6 Å². The van der Waals surface area contributed by atoms with Gasteiger partial charge in [0.05, 0.1) is 19.4 Å². The molecule has 0 atom stereocenters. The average molecular weight is 274 g/mol. The minimum Gasteiger partial charge on any atom is -0.494 e. The highest BCUT2D eigenvalue weighted by atomic mass is 16.5. The van der Waals surface area contributed by atoms with Crippen molar-refractivity contribution in [3.05, 3.63) is 36.0 Å². The number of hydrogen-bond donors (Lipinski definition) is 1. The minimum atomic E-state index is -0.0772. The van der Waals surface area contributed by atoms with Crippen LogP contribution in [0, 0.1) is 0 Å². The van der Waals surface area contributed by atoms with Crippen molar-refractivity contribution in [2.45, 2.75) is 25.9 Å². The van der Waals surface area contributed by atoms with Gasteiger partial charge in [0.15, 0.2) is 0 Å². The molecule has 0 aliphatic heterocycles. The van der Waals surface area contributed by atoms with Gasteiger partial charge in [-0.15, -0.1) is 0 Å². The van der Waals surface area contributed by atoms with Crippen molar-refractivity contribution in [2.75, 3.05) is 20.8 Å². The van der Waals surface area contributed by atoms with Crippen LogP contribution in [0.1, 0.15) is 19.5 Å². The molecule has 0 aliphatic rings. The van der Waals surface area contributed by atoms with Crippen LogP contribution in [0.4, 0.5) is 0 Å². The van der Waals surface area contributed by atoms with Gasteiger partial charge in [0.1, 0.15) is 11.3 Å². The fourth-order valence-electron chi connectivity index (χ4n) is 2.17. The van der Waals surface area contributed by atoms with Gasteiger partial charge in [-0.25, -0.2) is 4.98 Å². The average Bonchev–Trinajstić information content (AvgIpc) is 2.44. The Morgan fingerprint density at radius 2 is 1.95 bits per heavy atom. The molecule has 0 saturated carbocycles. The number of ether oxygens (including phenoxy) is 2. The van der Waals surface area contributed by atoms with E-state index < -0.39 is 0 Å². The molecule has 2 rings (SSSR count). The molecule has 0 amide bonds. The van der Waals surface area contributed by atoms with Crippen molar-refractivity contribution >= 4 is 10.9 Å². The first-order valence-corrected chi connectivity index (χ1v) is 6.72. The maximum Gasteiger partial charge on any atom is 0.145 e. The monoisotopic (exact) mass is 274 g/mol. The summed E-state index contributed by atoms with van der Waals surface area (Å²) in [6, 6.07) is 10.1. The van der Waals surface area contributed by atoms with Crippen molar-refractivity contribution in [3.63, 3.8) is 0 Å². The van der Waals surface area contributed by atoms with E-state index in [4.69, 9.17) is 9.47 Å². The standard InChI is InChI=1S/C16H22N2O2/c1-16(2,11-19-3)17-10-13-9-8-12-6-5-7-14(20-4)15(12)18-13/h5-9,17H,10-11H2,1-4H3. The lowest BCUT2D eigenvalue weighted by Gasteiger charge is -2.25. The third kappa shape index (κ3) is 3.46. The number of aromatic nitrogens is 1. The van der Waals surface area contributed by atoms with Gasteiger partial charge >= 0.3 is 0 Å². The Morgan fingerprint density at radius 1 is 1.15 bits per heavy atom. The summed E-state index contributed by atoms with van der Waals surface area (Å²) in [6.07, 6.45) is 0. The van der Waals surface area contributed by atoms with Crippen LogP contribution in [-0.2, 0) is 11.3 Å². The summed E-state index contributed by atoms with van der Waals surface area (Å²) in [5, 5.41) is 4.54. The highest BCUT2D eigenvalue weighted by Gasteiger charge is 2.16. The lowest BCUT2D eigenvalue weighted by Crippen LogP contribution is -2.42. The third-order valence-corrected chi connectivity index (χ3v) is 3.21. The summed E-state index contributed by atoms with van der Waals surface area (Å²) in [5.74, 6) is 0.806. The predicted octanol–water partition coefficient (Wildman–Crippen LogP) is 2.76. The van der Waals surface area contributed by atoms with Gasteiger partial charge in [-0.3, -0.25) is 0 Å². The largest absolute Gasteiger partial charge is 0.494 e. The molecule has 0 fully saturated rings. The third-order valence-electron chi connectivity index (χ3n) is 3.21. The van der Waals surface area contributed by atoms with Crippen LogP contribution in [0.25, 0.3) is 10.9 Å². The number of fused-ring (bicyclic) bond motifs is 1. The van der Waals surface area contributed by atoms with E-state index in [0.717, 1.165) is 22.3 Å². The molecule has 108 valence electrons. The Hall–Kier alpha value is -1.65. The van der Waals surface area contributed by atoms with E-state index in [1.54, 1.807) is 14.2 Å². The molecule has 1 N–H and O–H groups in total. The zero-order valence-electron chi connectivity index (χ0n) is 12.6. The van der Waals surface area contributed by atoms with E-state index in [0.29, 0.717) is 13.2 Å². The summed E-state index contributed by atoms with van der Waals surface area (Å²) < 4.78 is 10.6. The Morgan fingerprint density at radius 3 is 2.65 bits per heavy atom. The Labute approximate surface area is 120 Å². The molecule has 0 unspecified atom stereocenters. The van der Waals surface area contributed by atoms with Crippen molar-refractivity contribution < 1.29 is 9.47 Å². The summed E-state index contributed by atoms with van der Waals surface area (Å²) in [7, 11) is 3.38. The number of nitrogens with zero attached hydrogens (tertiary/aromatic N) is 1. The van der Waals surface area contributed by atoms with E-state index in [1.807, 2.05) is 24.3 Å². The number of pyridine rings is 1. The van der Waals surface area contributed by atoms with Crippen molar-refractivity contribution in [2.24, 2.45) is 0 Å². The molecule has 2 aromatic rings. The van der Waals surface area contributed by atoms with Crippen LogP contribution in [0.15, 0.2) is 30.3 Å². The number of nitrogens with one attached hydrogen (secondary N) is 1. The van der Waals surface area contributed by atoms with Crippen LogP contribution in [0.3, 0.4) is 0 Å². The molecule has 1 aromatic carbocycles. The zero-order chi connectivity index (χ0) is 14.6. The number of rotatable bonds is 6. The molecule has 0 saturated heterocycles. The molecule has 4 nitrogen and oxygen atoms in total. The molecule has 20 heavy (non-hydrogen) atoms. The van der Waals surface area contributed by atoms with Crippen LogP contribution >= 0.6 is 0 Å². The Kier molecular flexibility index (Phi) is 4.57. The lowest BCUT2D eigenvalue weighted by atomic mass is 10.1. The molecule has 0 radical (unpaired) electrons. The predicted molar refractivity (Wildman–Crippen MR) is 81.1 cm³/mol. The SMILES string of the molecule is COCC(C)(C)NCc1ccc2cccc(OC)c2n1. The zero-order valence-corrected chi connectivity index (χ0v) is 12.6. The Balaban J connectivity index is 2.19. The van der Waals surface area contributed by atoms with Crippen molar-refractivity contribution in [3.8, 4) is 5.75 Å². The summed E-state index contributed by atoms with van der Waals surface area (Å²) >= 11 is 0. The summed E-state index contributed by atoms with van der Waals surface area (Å²) in [6.45, 7) is 5.57. The highest BCUT2D eigenvalue weighted by Crippen LogP contribution is 2.23. The maximum absolute atomic E-state index is 5.36. The second-order valence-corrected chi connectivity index (χ2v) is 5.51. The van der Waals surface area contributed by atoms with E-state index in [-0.39, 0.29) is 5.54 Å². The van der Waals surface area contributed by atoms with Gasteiger partial charge in [-0.2, -0.15) is 0 Å². The fourth-order valence-corrected chi connectivity index (χ4v) is 2.17. The molecule has 4 heteroatoms. The second kappa shape index (κ2) is 6.20. The van der Waals surface area contributed by atoms with Crippen molar-refractivity contribution in [1.82, 2.24) is 10.3 Å². The Bertz CT molecular complexity index is 582. The van der Waals surface area contributed by atoms with Crippen LogP contribution in [-0.4, -0.2) is 31.3 Å². The minimum absolute atomic E-state index is 0.0772.